The van der Waals surface area contributed by atoms with Crippen LogP contribution >= 0.6 is 23.2 Å². The van der Waals surface area contributed by atoms with Gasteiger partial charge in [0.1, 0.15) is 0 Å². The first-order chi connectivity index (χ1) is 9.77. The van der Waals surface area contributed by atoms with Crippen LogP contribution in [0.4, 0.5) is 0 Å². The minimum Gasteiger partial charge on any atom is -0.481 e. The molecular formula is C14H17Cl2NO4. The highest BCUT2D eigenvalue weighted by Gasteiger charge is 2.29. The van der Waals surface area contributed by atoms with E-state index in [2.05, 4.69) is 5.32 Å². The van der Waals surface area contributed by atoms with Crippen LogP contribution in [0.25, 0.3) is 0 Å². The van der Waals surface area contributed by atoms with Gasteiger partial charge in [-0.05, 0) is 24.6 Å². The summed E-state index contributed by atoms with van der Waals surface area (Å²) in [5.41, 5.74) is -0.487. The molecular weight excluding hydrogens is 317 g/mol. The summed E-state index contributed by atoms with van der Waals surface area (Å²) in [6, 6.07) is 4.97. The minimum absolute atomic E-state index is 0.0303. The highest BCUT2D eigenvalue weighted by molar-refractivity contribution is 6.36. The van der Waals surface area contributed by atoms with Gasteiger partial charge in [-0.1, -0.05) is 29.3 Å². The quantitative estimate of drug-likeness (QED) is 0.803. The van der Waals surface area contributed by atoms with Crippen LogP contribution in [0.15, 0.2) is 18.2 Å². The fourth-order valence-corrected chi connectivity index (χ4v) is 2.56. The number of aliphatic carboxylic acids is 1. The molecule has 0 radical (unpaired) electrons. The van der Waals surface area contributed by atoms with E-state index in [1.165, 1.54) is 7.11 Å². The average Bonchev–Trinajstić information content (AvgIpc) is 2.32. The SMILES string of the molecule is COCC(C)(CC(=O)O)NC(=O)Cc1c(Cl)cccc1Cl. The van der Waals surface area contributed by atoms with Crippen molar-refractivity contribution >= 4 is 35.1 Å². The number of carboxylic acids is 1. The number of nitrogens with one attached hydrogen (secondary N) is 1. The highest BCUT2D eigenvalue weighted by atomic mass is 35.5. The summed E-state index contributed by atoms with van der Waals surface area (Å²) in [4.78, 5) is 23.0. The van der Waals surface area contributed by atoms with Crippen molar-refractivity contribution in [3.63, 3.8) is 0 Å². The van der Waals surface area contributed by atoms with E-state index in [-0.39, 0.29) is 25.4 Å². The molecule has 2 N–H and O–H groups in total. The number of methoxy groups -OCH3 is 1. The van der Waals surface area contributed by atoms with Crippen molar-refractivity contribution in [3.8, 4) is 0 Å². The monoisotopic (exact) mass is 333 g/mol. The second kappa shape index (κ2) is 7.64. The Bertz CT molecular complexity index is 515. The molecule has 1 rings (SSSR count). The lowest BCUT2D eigenvalue weighted by molar-refractivity contribution is -0.139. The molecule has 116 valence electrons. The standard InChI is InChI=1S/C14H17Cl2NO4/c1-14(8-21-2,7-13(19)20)17-12(18)6-9-10(15)4-3-5-11(9)16/h3-5H,6-8H2,1-2H3,(H,17,18)(H,19,20). The molecule has 1 aromatic carbocycles. The maximum Gasteiger partial charge on any atom is 0.305 e. The molecule has 7 heteroatoms. The molecule has 0 bridgehead atoms. The maximum absolute atomic E-state index is 12.1. The van der Waals surface area contributed by atoms with Gasteiger partial charge in [0, 0.05) is 17.2 Å². The van der Waals surface area contributed by atoms with Crippen molar-refractivity contribution in [1.29, 1.82) is 0 Å². The fourth-order valence-electron chi connectivity index (χ4n) is 2.03. The predicted octanol–water partition coefficient (Wildman–Crippen LogP) is 2.53. The maximum atomic E-state index is 12.1. The van der Waals surface area contributed by atoms with Gasteiger partial charge in [-0.25, -0.2) is 0 Å². The van der Waals surface area contributed by atoms with Gasteiger partial charge in [-0.2, -0.15) is 0 Å². The van der Waals surface area contributed by atoms with E-state index in [9.17, 15) is 9.59 Å². The molecule has 1 aromatic rings. The Balaban J connectivity index is 2.81. The largest absolute Gasteiger partial charge is 0.481 e. The summed E-state index contributed by atoms with van der Waals surface area (Å²) >= 11 is 12.0. The number of hydrogen-bond donors (Lipinski definition) is 2. The van der Waals surface area contributed by atoms with Crippen LogP contribution in [0.1, 0.15) is 18.9 Å². The molecule has 1 atom stereocenters. The summed E-state index contributed by atoms with van der Waals surface area (Å²) in [5.74, 6) is -1.39. The number of halogens is 2. The topological polar surface area (TPSA) is 75.6 Å². The van der Waals surface area contributed by atoms with Crippen LogP contribution < -0.4 is 5.32 Å². The summed E-state index contributed by atoms with van der Waals surface area (Å²) in [6.45, 7) is 1.69. The van der Waals surface area contributed by atoms with E-state index in [0.717, 1.165) is 0 Å². The Labute approximate surface area is 133 Å². The average molecular weight is 334 g/mol. The van der Waals surface area contributed by atoms with Gasteiger partial charge in [0.25, 0.3) is 0 Å². The number of ether oxygens (including phenoxy) is 1. The number of hydrogen-bond acceptors (Lipinski definition) is 3. The number of carboxylic acid groups (broad SMARTS) is 1. The highest BCUT2D eigenvalue weighted by Crippen LogP contribution is 2.25. The van der Waals surface area contributed by atoms with Gasteiger partial charge in [0.2, 0.25) is 5.91 Å². The first kappa shape index (κ1) is 17.8. The van der Waals surface area contributed by atoms with E-state index >= 15 is 0 Å². The number of carbonyl (C=O) groups is 2. The van der Waals surface area contributed by atoms with E-state index in [1.54, 1.807) is 25.1 Å². The van der Waals surface area contributed by atoms with Crippen molar-refractivity contribution in [3.05, 3.63) is 33.8 Å². The third-order valence-corrected chi connectivity index (χ3v) is 3.55. The summed E-state index contributed by atoms with van der Waals surface area (Å²) in [6.07, 6.45) is -0.278. The summed E-state index contributed by atoms with van der Waals surface area (Å²) in [5, 5.41) is 12.4. The lowest BCUT2D eigenvalue weighted by atomic mass is 9.98. The molecule has 0 heterocycles. The number of carbonyl (C=O) groups excluding carboxylic acids is 1. The van der Waals surface area contributed by atoms with Crippen LogP contribution in [0.3, 0.4) is 0 Å². The van der Waals surface area contributed by atoms with Crippen LogP contribution in [-0.4, -0.2) is 36.2 Å². The molecule has 0 aliphatic rings. The van der Waals surface area contributed by atoms with Gasteiger partial charge < -0.3 is 15.2 Å². The van der Waals surface area contributed by atoms with Crippen LogP contribution in [-0.2, 0) is 20.7 Å². The molecule has 1 amide bonds. The predicted molar refractivity (Wildman–Crippen MR) is 80.8 cm³/mol. The van der Waals surface area contributed by atoms with E-state index in [4.69, 9.17) is 33.0 Å². The molecule has 0 fully saturated rings. The second-order valence-electron chi connectivity index (χ2n) is 4.99. The lowest BCUT2D eigenvalue weighted by Gasteiger charge is -2.28. The van der Waals surface area contributed by atoms with Crippen molar-refractivity contribution in [2.45, 2.75) is 25.3 Å². The Morgan fingerprint density at radius 1 is 1.33 bits per heavy atom. The van der Waals surface area contributed by atoms with Gasteiger partial charge in [-0.3, -0.25) is 9.59 Å². The van der Waals surface area contributed by atoms with Crippen molar-refractivity contribution in [2.24, 2.45) is 0 Å². The molecule has 0 aromatic heterocycles. The summed E-state index contributed by atoms with van der Waals surface area (Å²) in [7, 11) is 1.44. The first-order valence-corrected chi connectivity index (χ1v) is 6.97. The van der Waals surface area contributed by atoms with E-state index < -0.39 is 11.5 Å². The van der Waals surface area contributed by atoms with Crippen LogP contribution in [0.2, 0.25) is 10.0 Å². The van der Waals surface area contributed by atoms with Gasteiger partial charge in [0.15, 0.2) is 0 Å². The zero-order valence-corrected chi connectivity index (χ0v) is 13.3. The molecule has 21 heavy (non-hydrogen) atoms. The van der Waals surface area contributed by atoms with Crippen molar-refractivity contribution in [2.75, 3.05) is 13.7 Å². The Hall–Kier alpha value is -1.30. The molecule has 0 aliphatic carbocycles. The number of amides is 1. The zero-order valence-electron chi connectivity index (χ0n) is 11.8. The molecule has 0 aliphatic heterocycles. The van der Waals surface area contributed by atoms with Crippen molar-refractivity contribution in [1.82, 2.24) is 5.32 Å². The normalized spacial score (nSPS) is 13.5. The zero-order chi connectivity index (χ0) is 16.0. The molecule has 1 unspecified atom stereocenters. The molecule has 0 saturated heterocycles. The first-order valence-electron chi connectivity index (χ1n) is 6.22. The second-order valence-corrected chi connectivity index (χ2v) is 5.80. The van der Waals surface area contributed by atoms with Gasteiger partial charge >= 0.3 is 5.97 Å². The fraction of sp³-hybridized carbons (Fsp3) is 0.429. The van der Waals surface area contributed by atoms with Crippen LogP contribution in [0.5, 0.6) is 0 Å². The Kier molecular flexibility index (Phi) is 6.45. The van der Waals surface area contributed by atoms with E-state index in [1.807, 2.05) is 0 Å². The Morgan fingerprint density at radius 3 is 2.38 bits per heavy atom. The van der Waals surface area contributed by atoms with Gasteiger partial charge in [-0.15, -0.1) is 0 Å². The van der Waals surface area contributed by atoms with Gasteiger partial charge in [0.05, 0.1) is 25.0 Å². The third kappa shape index (κ3) is 5.53. The molecule has 5 nitrogen and oxygen atoms in total. The summed E-state index contributed by atoms with van der Waals surface area (Å²) < 4.78 is 4.98. The minimum atomic E-state index is -1.02. The van der Waals surface area contributed by atoms with Crippen LogP contribution in [0, 0.1) is 0 Å². The third-order valence-electron chi connectivity index (χ3n) is 2.84. The van der Waals surface area contributed by atoms with E-state index in [0.29, 0.717) is 15.6 Å². The smallest absolute Gasteiger partial charge is 0.305 e. The number of benzene rings is 1. The number of rotatable bonds is 7. The molecule has 0 saturated carbocycles. The van der Waals surface area contributed by atoms with Crippen molar-refractivity contribution < 1.29 is 19.4 Å². The lowest BCUT2D eigenvalue weighted by Crippen LogP contribution is -2.51. The molecule has 0 spiro atoms. The Morgan fingerprint density at radius 2 is 1.90 bits per heavy atom.